The number of thioether (sulfide) groups is 1. The van der Waals surface area contributed by atoms with E-state index in [1.165, 1.54) is 17.3 Å². The van der Waals surface area contributed by atoms with Gasteiger partial charge in [0.25, 0.3) is 5.91 Å². The van der Waals surface area contributed by atoms with Crippen molar-refractivity contribution in [1.29, 1.82) is 0 Å². The van der Waals surface area contributed by atoms with Gasteiger partial charge in [0.2, 0.25) is 0 Å². The minimum Gasteiger partial charge on any atom is -0.457 e. The maximum atomic E-state index is 13.3. The van der Waals surface area contributed by atoms with Gasteiger partial charge in [-0.2, -0.15) is 0 Å². The first-order valence-corrected chi connectivity index (χ1v) is 12.5. The molecular formula is C26H23BrN2O3S. The highest BCUT2D eigenvalue weighted by Crippen LogP contribution is 2.36. The smallest absolute Gasteiger partial charge is 0.266 e. The first kappa shape index (κ1) is 22.2. The van der Waals surface area contributed by atoms with Crippen molar-refractivity contribution in [3.63, 3.8) is 0 Å². The quantitative estimate of drug-likeness (QED) is 0.345. The molecule has 0 saturated carbocycles. The predicted molar refractivity (Wildman–Crippen MR) is 136 cm³/mol. The van der Waals surface area contributed by atoms with Crippen molar-refractivity contribution in [2.75, 3.05) is 13.2 Å². The van der Waals surface area contributed by atoms with E-state index < -0.39 is 0 Å². The summed E-state index contributed by atoms with van der Waals surface area (Å²) in [6.07, 6.45) is 3.83. The molecule has 3 heterocycles. The molecule has 1 atom stereocenters. The Balaban J connectivity index is 1.43. The lowest BCUT2D eigenvalue weighted by molar-refractivity contribution is -0.123. The number of carbonyl (C=O) groups excluding carboxylic acids is 1. The number of para-hydroxylation sites is 1. The lowest BCUT2D eigenvalue weighted by atomic mass is 10.1. The number of rotatable bonds is 5. The third-order valence-corrected chi connectivity index (χ3v) is 7.23. The van der Waals surface area contributed by atoms with E-state index in [0.29, 0.717) is 22.4 Å². The van der Waals surface area contributed by atoms with E-state index in [4.69, 9.17) is 14.1 Å². The second kappa shape index (κ2) is 9.71. The number of carbonyl (C=O) groups is 1. The molecule has 5 rings (SSSR count). The molecule has 0 unspecified atom stereocenters. The molecule has 0 spiro atoms. The highest BCUT2D eigenvalue weighted by Gasteiger charge is 2.36. The first-order chi connectivity index (χ1) is 16.1. The molecule has 5 nitrogen and oxygen atoms in total. The van der Waals surface area contributed by atoms with Crippen LogP contribution in [0.3, 0.4) is 0 Å². The Morgan fingerprint density at radius 3 is 2.79 bits per heavy atom. The van der Waals surface area contributed by atoms with Crippen LogP contribution in [0.15, 0.2) is 79.5 Å². The fraction of sp³-hybridized carbons (Fsp3) is 0.231. The van der Waals surface area contributed by atoms with Crippen LogP contribution < -0.4 is 0 Å². The maximum Gasteiger partial charge on any atom is 0.266 e. The van der Waals surface area contributed by atoms with Gasteiger partial charge in [-0.15, -0.1) is 0 Å². The number of furan rings is 1. The van der Waals surface area contributed by atoms with Gasteiger partial charge in [0.05, 0.1) is 23.2 Å². The fourth-order valence-corrected chi connectivity index (χ4v) is 5.56. The summed E-state index contributed by atoms with van der Waals surface area (Å²) in [7, 11) is 0. The molecule has 3 aromatic rings. The molecule has 2 saturated heterocycles. The minimum atomic E-state index is -0.0698. The van der Waals surface area contributed by atoms with E-state index in [2.05, 4.69) is 22.0 Å². The van der Waals surface area contributed by atoms with Gasteiger partial charge >= 0.3 is 0 Å². The van der Waals surface area contributed by atoms with Crippen LogP contribution in [0.1, 0.15) is 24.2 Å². The van der Waals surface area contributed by atoms with Crippen LogP contribution in [0.4, 0.5) is 5.69 Å². The molecule has 168 valence electrons. The number of nitrogens with zero attached hydrogens (tertiary/aromatic N) is 2. The number of halogens is 1. The second-order valence-corrected chi connectivity index (χ2v) is 9.94. The zero-order chi connectivity index (χ0) is 22.8. The number of aliphatic imine (C=N–C) groups is 1. The molecule has 1 amide bonds. The van der Waals surface area contributed by atoms with Crippen molar-refractivity contribution in [3.05, 3.63) is 81.4 Å². The van der Waals surface area contributed by atoms with Gasteiger partial charge in [0.1, 0.15) is 11.5 Å². The van der Waals surface area contributed by atoms with Crippen molar-refractivity contribution >= 4 is 50.5 Å². The van der Waals surface area contributed by atoms with Crippen molar-refractivity contribution in [1.82, 2.24) is 4.90 Å². The van der Waals surface area contributed by atoms with E-state index in [0.717, 1.165) is 40.9 Å². The van der Waals surface area contributed by atoms with E-state index in [1.54, 1.807) is 11.0 Å². The molecular weight excluding hydrogens is 500 g/mol. The van der Waals surface area contributed by atoms with Gasteiger partial charge in [0.15, 0.2) is 5.17 Å². The molecule has 0 aliphatic carbocycles. The SMILES string of the molecule is Cc1ccc(-c2ccc(/C=C3\SC(=Nc4ccccc4)N(C[C@H]4CCCO4)C3=O)o2)c(Br)c1. The van der Waals surface area contributed by atoms with Gasteiger partial charge in [-0.25, -0.2) is 4.99 Å². The fourth-order valence-electron chi connectivity index (χ4n) is 3.88. The average Bonchev–Trinajstić information content (AvgIpc) is 3.54. The Kier molecular flexibility index (Phi) is 6.53. The van der Waals surface area contributed by atoms with Crippen LogP contribution in [-0.4, -0.2) is 35.2 Å². The van der Waals surface area contributed by atoms with Gasteiger partial charge in [-0.1, -0.05) is 40.2 Å². The lowest BCUT2D eigenvalue weighted by Gasteiger charge is -2.19. The summed E-state index contributed by atoms with van der Waals surface area (Å²) in [6, 6.07) is 19.6. The number of hydrogen-bond acceptors (Lipinski definition) is 5. The molecule has 0 radical (unpaired) electrons. The molecule has 7 heteroatoms. The normalized spacial score (nSPS) is 21.0. The summed E-state index contributed by atoms with van der Waals surface area (Å²) >= 11 is 4.98. The summed E-state index contributed by atoms with van der Waals surface area (Å²) in [6.45, 7) is 3.30. The van der Waals surface area contributed by atoms with Crippen LogP contribution in [0, 0.1) is 6.92 Å². The lowest BCUT2D eigenvalue weighted by Crippen LogP contribution is -2.36. The molecule has 2 aromatic carbocycles. The molecule has 2 fully saturated rings. The number of benzene rings is 2. The summed E-state index contributed by atoms with van der Waals surface area (Å²) in [5.41, 5.74) is 2.96. The summed E-state index contributed by atoms with van der Waals surface area (Å²) < 4.78 is 12.8. The number of aryl methyl sites for hydroxylation is 1. The number of amidine groups is 1. The summed E-state index contributed by atoms with van der Waals surface area (Å²) in [5, 5.41) is 0.668. The third kappa shape index (κ3) is 5.00. The van der Waals surface area contributed by atoms with Crippen LogP contribution in [-0.2, 0) is 9.53 Å². The maximum absolute atomic E-state index is 13.3. The largest absolute Gasteiger partial charge is 0.457 e. The molecule has 2 aliphatic rings. The van der Waals surface area contributed by atoms with Crippen molar-refractivity contribution in [3.8, 4) is 11.3 Å². The molecule has 2 aliphatic heterocycles. The van der Waals surface area contributed by atoms with Crippen molar-refractivity contribution in [2.24, 2.45) is 4.99 Å². The number of amides is 1. The van der Waals surface area contributed by atoms with Gasteiger partial charge in [-0.3, -0.25) is 9.69 Å². The minimum absolute atomic E-state index is 0.0453. The van der Waals surface area contributed by atoms with Crippen molar-refractivity contribution < 1.29 is 13.9 Å². The molecule has 33 heavy (non-hydrogen) atoms. The Labute approximate surface area is 205 Å². The van der Waals surface area contributed by atoms with Gasteiger partial charge < -0.3 is 9.15 Å². The standard InChI is InChI=1S/C26H23BrN2O3S/c1-17-9-11-21(22(27)14-17)23-12-10-19(32-23)15-24-25(30)29(16-20-8-5-13-31-20)26(33-24)28-18-6-3-2-4-7-18/h2-4,6-7,9-12,14-15,20H,5,8,13,16H2,1H3/b24-15-,28-26?/t20-/m1/s1. The van der Waals surface area contributed by atoms with Crippen LogP contribution in [0.5, 0.6) is 0 Å². The molecule has 0 N–H and O–H groups in total. The Hall–Kier alpha value is -2.61. The highest BCUT2D eigenvalue weighted by atomic mass is 79.9. The van der Waals surface area contributed by atoms with Gasteiger partial charge in [-0.05, 0) is 73.5 Å². The van der Waals surface area contributed by atoms with E-state index in [1.807, 2.05) is 61.5 Å². The predicted octanol–water partition coefficient (Wildman–Crippen LogP) is 6.80. The summed E-state index contributed by atoms with van der Waals surface area (Å²) in [4.78, 5) is 20.4. The Morgan fingerprint density at radius 2 is 2.03 bits per heavy atom. The van der Waals surface area contributed by atoms with Gasteiger partial charge in [0, 0.05) is 22.7 Å². The van der Waals surface area contributed by atoms with E-state index in [-0.39, 0.29) is 12.0 Å². The van der Waals surface area contributed by atoms with E-state index in [9.17, 15) is 4.79 Å². The van der Waals surface area contributed by atoms with Crippen LogP contribution in [0.2, 0.25) is 0 Å². The van der Waals surface area contributed by atoms with E-state index >= 15 is 0 Å². The van der Waals surface area contributed by atoms with Crippen LogP contribution in [0.25, 0.3) is 17.4 Å². The Morgan fingerprint density at radius 1 is 1.18 bits per heavy atom. The number of hydrogen-bond donors (Lipinski definition) is 0. The molecule has 1 aromatic heterocycles. The monoisotopic (exact) mass is 522 g/mol. The first-order valence-electron chi connectivity index (χ1n) is 10.9. The summed E-state index contributed by atoms with van der Waals surface area (Å²) in [5.74, 6) is 1.31. The number of ether oxygens (including phenoxy) is 1. The second-order valence-electron chi connectivity index (χ2n) is 8.08. The average molecular weight is 523 g/mol. The van der Waals surface area contributed by atoms with Crippen LogP contribution >= 0.6 is 27.7 Å². The zero-order valence-corrected chi connectivity index (χ0v) is 20.6. The highest BCUT2D eigenvalue weighted by molar-refractivity contribution is 9.10. The topological polar surface area (TPSA) is 55.0 Å². The Bertz CT molecular complexity index is 1230. The zero-order valence-electron chi connectivity index (χ0n) is 18.2. The molecule has 0 bridgehead atoms. The van der Waals surface area contributed by atoms with Crippen molar-refractivity contribution in [2.45, 2.75) is 25.9 Å². The third-order valence-electron chi connectivity index (χ3n) is 5.57.